The Hall–Kier alpha value is -2.42. The third-order valence-corrected chi connectivity index (χ3v) is 5.82. The van der Waals surface area contributed by atoms with Crippen molar-refractivity contribution in [2.75, 3.05) is 12.3 Å². The molecular formula is C24H37N3O5S. The second-order valence-corrected chi connectivity index (χ2v) is 9.72. The largest absolute Gasteiger partial charge is 0.508 e. The number of amides is 3. The molecular weight excluding hydrogens is 442 g/mol. The van der Waals surface area contributed by atoms with Crippen LogP contribution in [0.15, 0.2) is 24.3 Å². The Morgan fingerprint density at radius 3 is 2.33 bits per heavy atom. The van der Waals surface area contributed by atoms with Crippen LogP contribution in [-0.2, 0) is 14.3 Å². The number of carbonyl (C=O) groups excluding carboxylic acids is 3. The molecule has 0 saturated heterocycles. The molecule has 1 aliphatic carbocycles. The minimum absolute atomic E-state index is 0.0566. The van der Waals surface area contributed by atoms with Gasteiger partial charge in [-0.05, 0) is 64.2 Å². The summed E-state index contributed by atoms with van der Waals surface area (Å²) in [6.07, 6.45) is 3.54. The van der Waals surface area contributed by atoms with Crippen LogP contribution in [0, 0.1) is 0 Å². The molecule has 0 bridgehead atoms. The number of phenolic OH excluding ortho intramolecular Hbond substituents is 1. The van der Waals surface area contributed by atoms with Crippen LogP contribution in [0.25, 0.3) is 0 Å². The fourth-order valence-electron chi connectivity index (χ4n) is 3.58. The van der Waals surface area contributed by atoms with Crippen molar-refractivity contribution in [3.05, 3.63) is 29.8 Å². The second-order valence-electron chi connectivity index (χ2n) is 9.35. The number of rotatable bonds is 10. The Morgan fingerprint density at radius 2 is 1.85 bits per heavy atom. The summed E-state index contributed by atoms with van der Waals surface area (Å²) in [5, 5.41) is 15.3. The van der Waals surface area contributed by atoms with E-state index in [-0.39, 0.29) is 29.4 Å². The average molecular weight is 480 g/mol. The number of carbonyl (C=O) groups is 3. The van der Waals surface area contributed by atoms with E-state index >= 15 is 0 Å². The number of nitrogens with zero attached hydrogens (tertiary/aromatic N) is 1. The predicted octanol–water partition coefficient (Wildman–Crippen LogP) is 3.55. The number of hydrogen-bond acceptors (Lipinski definition) is 6. The molecule has 1 fully saturated rings. The van der Waals surface area contributed by atoms with Gasteiger partial charge in [-0.15, -0.1) is 0 Å². The van der Waals surface area contributed by atoms with Crippen molar-refractivity contribution in [3.63, 3.8) is 0 Å². The van der Waals surface area contributed by atoms with Crippen molar-refractivity contribution in [2.45, 2.75) is 83.5 Å². The monoisotopic (exact) mass is 479 g/mol. The minimum Gasteiger partial charge on any atom is -0.508 e. The van der Waals surface area contributed by atoms with E-state index in [4.69, 9.17) is 4.74 Å². The van der Waals surface area contributed by atoms with E-state index in [0.717, 1.165) is 32.1 Å². The molecule has 9 heteroatoms. The Morgan fingerprint density at radius 1 is 1.21 bits per heavy atom. The van der Waals surface area contributed by atoms with Crippen LogP contribution in [0.1, 0.15) is 71.4 Å². The van der Waals surface area contributed by atoms with Crippen LogP contribution in [0.3, 0.4) is 0 Å². The first-order valence-electron chi connectivity index (χ1n) is 11.6. The fraction of sp³-hybridized carbons (Fsp3) is 0.625. The smallest absolute Gasteiger partial charge is 0.408 e. The van der Waals surface area contributed by atoms with Gasteiger partial charge in [0.2, 0.25) is 11.8 Å². The second kappa shape index (κ2) is 12.2. The van der Waals surface area contributed by atoms with Crippen molar-refractivity contribution in [2.24, 2.45) is 0 Å². The van der Waals surface area contributed by atoms with Gasteiger partial charge in [0.25, 0.3) is 0 Å². The van der Waals surface area contributed by atoms with Crippen molar-refractivity contribution < 1.29 is 24.2 Å². The molecule has 1 aromatic rings. The molecule has 1 aromatic carbocycles. The van der Waals surface area contributed by atoms with Gasteiger partial charge >= 0.3 is 6.09 Å². The number of aromatic hydroxyl groups is 1. The summed E-state index contributed by atoms with van der Waals surface area (Å²) in [6.45, 7) is 7.76. The predicted molar refractivity (Wildman–Crippen MR) is 130 cm³/mol. The maximum Gasteiger partial charge on any atom is 0.408 e. The Balaban J connectivity index is 2.36. The summed E-state index contributed by atoms with van der Waals surface area (Å²) in [4.78, 5) is 40.9. The molecule has 184 valence electrons. The number of alkyl carbamates (subject to hydrolysis) is 1. The Labute approximate surface area is 201 Å². The van der Waals surface area contributed by atoms with Crippen LogP contribution in [0.2, 0.25) is 0 Å². The van der Waals surface area contributed by atoms with Crippen LogP contribution in [-0.4, -0.2) is 57.9 Å². The normalized spacial score (nSPS) is 15.7. The van der Waals surface area contributed by atoms with Gasteiger partial charge in [0.1, 0.15) is 23.4 Å². The highest BCUT2D eigenvalue weighted by atomic mass is 32.1. The van der Waals surface area contributed by atoms with Crippen LogP contribution in [0.4, 0.5) is 4.79 Å². The first-order valence-corrected chi connectivity index (χ1v) is 12.2. The number of nitrogens with one attached hydrogen (secondary N) is 2. The lowest BCUT2D eigenvalue weighted by molar-refractivity contribution is -0.147. The van der Waals surface area contributed by atoms with Gasteiger partial charge in [0.05, 0.1) is 0 Å². The average Bonchev–Trinajstić information content (AvgIpc) is 2.70. The highest BCUT2D eigenvalue weighted by Gasteiger charge is 2.41. The van der Waals surface area contributed by atoms with Crippen LogP contribution in [0.5, 0.6) is 5.75 Å². The first-order chi connectivity index (χ1) is 15.6. The lowest BCUT2D eigenvalue weighted by atomic mass is 9.88. The molecule has 0 spiro atoms. The van der Waals surface area contributed by atoms with Gasteiger partial charge in [-0.1, -0.05) is 25.5 Å². The molecule has 3 amide bonds. The SMILES string of the molecule is CCCCNC(=O)C(c1ccc(O)cc1)N(C(=O)C(CS)NC(=O)OC(C)(C)C)C1CCC1. The Kier molecular flexibility index (Phi) is 9.88. The number of phenols is 1. The van der Waals surface area contributed by atoms with E-state index in [1.54, 1.807) is 37.8 Å². The summed E-state index contributed by atoms with van der Waals surface area (Å²) >= 11 is 4.29. The number of thiol groups is 1. The lowest BCUT2D eigenvalue weighted by Gasteiger charge is -2.43. The quantitative estimate of drug-likeness (QED) is 0.303. The molecule has 1 aliphatic rings. The molecule has 2 rings (SSSR count). The molecule has 33 heavy (non-hydrogen) atoms. The number of unbranched alkanes of at least 4 members (excludes halogenated alkanes) is 1. The third kappa shape index (κ3) is 7.84. The third-order valence-electron chi connectivity index (χ3n) is 5.46. The van der Waals surface area contributed by atoms with Crippen molar-refractivity contribution in [3.8, 4) is 5.75 Å². The molecule has 3 N–H and O–H groups in total. The van der Waals surface area contributed by atoms with Crippen LogP contribution >= 0.6 is 12.6 Å². The topological polar surface area (TPSA) is 108 Å². The summed E-state index contributed by atoms with van der Waals surface area (Å²) in [7, 11) is 0. The van der Waals surface area contributed by atoms with Gasteiger partial charge in [-0.25, -0.2) is 4.79 Å². The van der Waals surface area contributed by atoms with Gasteiger partial charge in [0.15, 0.2) is 0 Å². The van der Waals surface area contributed by atoms with Crippen molar-refractivity contribution in [1.29, 1.82) is 0 Å². The summed E-state index contributed by atoms with van der Waals surface area (Å²) in [5.74, 6) is -0.541. The molecule has 2 unspecified atom stereocenters. The van der Waals surface area contributed by atoms with E-state index in [0.29, 0.717) is 12.1 Å². The number of hydrogen-bond donors (Lipinski definition) is 4. The van der Waals surface area contributed by atoms with E-state index < -0.39 is 23.8 Å². The maximum absolute atomic E-state index is 13.7. The van der Waals surface area contributed by atoms with E-state index in [1.807, 2.05) is 6.92 Å². The first kappa shape index (κ1) is 26.8. The van der Waals surface area contributed by atoms with E-state index in [2.05, 4.69) is 23.3 Å². The summed E-state index contributed by atoms with van der Waals surface area (Å²) < 4.78 is 5.31. The Bertz CT molecular complexity index is 805. The number of ether oxygens (including phenoxy) is 1. The zero-order chi connectivity index (χ0) is 24.6. The summed E-state index contributed by atoms with van der Waals surface area (Å²) in [6, 6.07) is 4.33. The highest BCUT2D eigenvalue weighted by molar-refractivity contribution is 7.80. The molecule has 8 nitrogen and oxygen atoms in total. The van der Waals surface area contributed by atoms with Crippen molar-refractivity contribution >= 4 is 30.5 Å². The molecule has 1 saturated carbocycles. The molecule has 0 heterocycles. The lowest BCUT2D eigenvalue weighted by Crippen LogP contribution is -2.58. The van der Waals surface area contributed by atoms with Gasteiger partial charge < -0.3 is 25.4 Å². The molecule has 2 atom stereocenters. The molecule has 0 radical (unpaired) electrons. The molecule has 0 aromatic heterocycles. The van der Waals surface area contributed by atoms with E-state index in [9.17, 15) is 19.5 Å². The van der Waals surface area contributed by atoms with Crippen molar-refractivity contribution in [1.82, 2.24) is 15.5 Å². The van der Waals surface area contributed by atoms with Crippen LogP contribution < -0.4 is 10.6 Å². The standard InChI is InChI=1S/C24H37N3O5S/c1-5-6-14-25-21(29)20(16-10-12-18(28)13-11-16)27(17-8-7-9-17)22(30)19(15-33)26-23(31)32-24(2,3)4/h10-13,17,19-20,28,33H,5-9,14-15H2,1-4H3,(H,25,29)(H,26,31). The molecule has 0 aliphatic heterocycles. The van der Waals surface area contributed by atoms with Gasteiger partial charge in [-0.2, -0.15) is 12.6 Å². The zero-order valence-electron chi connectivity index (χ0n) is 20.0. The van der Waals surface area contributed by atoms with Gasteiger partial charge in [0, 0.05) is 18.3 Å². The highest BCUT2D eigenvalue weighted by Crippen LogP contribution is 2.34. The minimum atomic E-state index is -0.952. The zero-order valence-corrected chi connectivity index (χ0v) is 20.9. The fourth-order valence-corrected chi connectivity index (χ4v) is 3.83. The van der Waals surface area contributed by atoms with E-state index in [1.165, 1.54) is 12.1 Å². The number of benzene rings is 1. The van der Waals surface area contributed by atoms with Gasteiger partial charge in [-0.3, -0.25) is 9.59 Å². The summed E-state index contributed by atoms with van der Waals surface area (Å²) in [5.41, 5.74) is -0.118. The maximum atomic E-state index is 13.7.